The monoisotopic (exact) mass is 336 g/mol. The normalized spacial score (nSPS) is 10.5. The maximum Gasteiger partial charge on any atom is 0.211 e. The molecule has 128 valence electrons. The summed E-state index contributed by atoms with van der Waals surface area (Å²) in [5.74, 6) is -0.301. The summed E-state index contributed by atoms with van der Waals surface area (Å²) in [6, 6.07) is 4.12. The summed E-state index contributed by atoms with van der Waals surface area (Å²) in [4.78, 5) is 12.7. The van der Waals surface area contributed by atoms with Crippen LogP contribution in [-0.2, 0) is 0 Å². The van der Waals surface area contributed by atoms with E-state index < -0.39 is 11.2 Å². The van der Waals surface area contributed by atoms with E-state index in [0.29, 0.717) is 0 Å². The highest BCUT2D eigenvalue weighted by molar-refractivity contribution is 6.00. The van der Waals surface area contributed by atoms with Crippen molar-refractivity contribution in [2.45, 2.75) is 0 Å². The molecule has 24 heavy (non-hydrogen) atoms. The minimum Gasteiger partial charge on any atom is -0.508 e. The highest BCUT2D eigenvalue weighted by Crippen LogP contribution is 2.49. The summed E-state index contributed by atoms with van der Waals surface area (Å²) in [5, 5.41) is 20.0. The van der Waals surface area contributed by atoms with Crippen molar-refractivity contribution < 1.29 is 34.3 Å². The number of phenolic OH excluding ortho intramolecular Hbond substituents is 2. The minimum absolute atomic E-state index is 0. The van der Waals surface area contributed by atoms with E-state index in [-0.39, 0.29) is 50.4 Å². The summed E-state index contributed by atoms with van der Waals surface area (Å²) in [5.41, 5.74) is -0.245. The molecule has 0 atom stereocenters. The van der Waals surface area contributed by atoms with Crippen molar-refractivity contribution in [1.82, 2.24) is 0 Å². The van der Waals surface area contributed by atoms with Crippen LogP contribution in [-0.4, -0.2) is 37.0 Å². The second-order valence-electron chi connectivity index (χ2n) is 4.76. The van der Waals surface area contributed by atoms with Crippen LogP contribution in [0.1, 0.15) is 0 Å². The van der Waals surface area contributed by atoms with E-state index in [1.165, 1.54) is 39.5 Å². The molecule has 0 bridgehead atoms. The molecule has 3 rings (SSSR count). The van der Waals surface area contributed by atoms with Gasteiger partial charge in [-0.15, -0.1) is 0 Å². The molecule has 0 aliphatic carbocycles. The van der Waals surface area contributed by atoms with E-state index >= 15 is 0 Å². The van der Waals surface area contributed by atoms with Gasteiger partial charge in [0.2, 0.25) is 22.7 Å². The Hall–Kier alpha value is -3.13. The molecule has 1 aromatic heterocycles. The minimum atomic E-state index is -0.520. The number of methoxy groups -OCH3 is 3. The van der Waals surface area contributed by atoms with Crippen LogP contribution in [0.25, 0.3) is 21.9 Å². The van der Waals surface area contributed by atoms with Gasteiger partial charge in [0, 0.05) is 0 Å². The Kier molecular flexibility index (Phi) is 4.43. The molecule has 0 aliphatic rings. The first-order valence-electron chi connectivity index (χ1n) is 6.63. The van der Waals surface area contributed by atoms with Crippen LogP contribution < -0.4 is 19.6 Å². The van der Waals surface area contributed by atoms with Crippen molar-refractivity contribution in [3.8, 4) is 28.7 Å². The van der Waals surface area contributed by atoms with Crippen LogP contribution in [0.4, 0.5) is 0 Å². The Morgan fingerprint density at radius 2 is 1.58 bits per heavy atom. The molecule has 0 fully saturated rings. The van der Waals surface area contributed by atoms with Gasteiger partial charge in [-0.05, 0) is 18.2 Å². The first-order chi connectivity index (χ1) is 11.0. The number of ether oxygens (including phenoxy) is 3. The second kappa shape index (κ2) is 6.17. The Bertz CT molecular complexity index is 974. The lowest BCUT2D eigenvalue weighted by Gasteiger charge is -2.15. The molecule has 0 aliphatic heterocycles. The van der Waals surface area contributed by atoms with E-state index in [1.807, 2.05) is 0 Å². The van der Waals surface area contributed by atoms with Crippen LogP contribution in [0, 0.1) is 0 Å². The van der Waals surface area contributed by atoms with E-state index in [1.54, 1.807) is 0 Å². The molecule has 2 aromatic carbocycles. The summed E-state index contributed by atoms with van der Waals surface area (Å²) >= 11 is 0. The molecule has 8 nitrogen and oxygen atoms in total. The third kappa shape index (κ3) is 2.24. The fourth-order valence-electron chi connectivity index (χ4n) is 2.55. The summed E-state index contributed by atoms with van der Waals surface area (Å²) in [6.07, 6.45) is 0. The fraction of sp³-hybridized carbons (Fsp3) is 0.188. The van der Waals surface area contributed by atoms with Crippen LogP contribution >= 0.6 is 0 Å². The summed E-state index contributed by atoms with van der Waals surface area (Å²) in [7, 11) is 4.09. The van der Waals surface area contributed by atoms with Crippen LogP contribution in [0.15, 0.2) is 27.4 Å². The third-order valence-corrected chi connectivity index (χ3v) is 3.56. The van der Waals surface area contributed by atoms with Gasteiger partial charge in [-0.25, -0.2) is 0 Å². The molecule has 1 heterocycles. The Morgan fingerprint density at radius 1 is 0.958 bits per heavy atom. The van der Waals surface area contributed by atoms with Crippen LogP contribution in [0.5, 0.6) is 28.7 Å². The standard InChI is InChI=1S/C16H14O7.H2O/c1-20-14-12(19)10-11(18)8-6-7(17)4-5-9(8)23-13(10)15(21-2)16(14)22-3;/h4-6,17,19H,1-3H3;1H2. The maximum absolute atomic E-state index is 12.7. The molecule has 4 N–H and O–H groups in total. The van der Waals surface area contributed by atoms with Crippen molar-refractivity contribution in [1.29, 1.82) is 0 Å². The molecular weight excluding hydrogens is 320 g/mol. The molecule has 0 radical (unpaired) electrons. The quantitative estimate of drug-likeness (QED) is 0.694. The van der Waals surface area contributed by atoms with Crippen molar-refractivity contribution in [2.75, 3.05) is 21.3 Å². The lowest BCUT2D eigenvalue weighted by Crippen LogP contribution is -2.05. The van der Waals surface area contributed by atoms with Crippen molar-refractivity contribution >= 4 is 21.9 Å². The second-order valence-corrected chi connectivity index (χ2v) is 4.76. The highest BCUT2D eigenvalue weighted by Gasteiger charge is 2.26. The SMILES string of the molecule is COc1c(OC)c(O)c2c(=O)c3cc(O)ccc3oc2c1OC.O. The molecule has 3 aromatic rings. The number of aromatic hydroxyl groups is 2. The van der Waals surface area contributed by atoms with Gasteiger partial charge in [-0.1, -0.05) is 0 Å². The van der Waals surface area contributed by atoms with Gasteiger partial charge in [0.15, 0.2) is 11.3 Å². The molecule has 0 amide bonds. The number of hydrogen-bond acceptors (Lipinski definition) is 7. The van der Waals surface area contributed by atoms with Crippen LogP contribution in [0.3, 0.4) is 0 Å². The average molecular weight is 336 g/mol. The van der Waals surface area contributed by atoms with Gasteiger partial charge in [-0.3, -0.25) is 4.79 Å². The zero-order chi connectivity index (χ0) is 16.7. The highest BCUT2D eigenvalue weighted by atomic mass is 16.5. The van der Waals surface area contributed by atoms with E-state index in [4.69, 9.17) is 18.6 Å². The first kappa shape index (κ1) is 17.2. The zero-order valence-electron chi connectivity index (χ0n) is 13.2. The largest absolute Gasteiger partial charge is 0.508 e. The van der Waals surface area contributed by atoms with Crippen molar-refractivity contribution in [2.24, 2.45) is 0 Å². The number of benzene rings is 2. The smallest absolute Gasteiger partial charge is 0.211 e. The summed E-state index contributed by atoms with van der Waals surface area (Å²) in [6.45, 7) is 0. The Balaban J connectivity index is 0.00000208. The number of fused-ring (bicyclic) bond motifs is 2. The van der Waals surface area contributed by atoms with Gasteiger partial charge >= 0.3 is 0 Å². The lowest BCUT2D eigenvalue weighted by molar-refractivity contribution is 0.311. The van der Waals surface area contributed by atoms with E-state index in [2.05, 4.69) is 0 Å². The fourth-order valence-corrected chi connectivity index (χ4v) is 2.55. The first-order valence-corrected chi connectivity index (χ1v) is 6.63. The maximum atomic E-state index is 12.7. The Labute approximate surface area is 135 Å². The van der Waals surface area contributed by atoms with E-state index in [0.717, 1.165) is 0 Å². The predicted molar refractivity (Wildman–Crippen MR) is 86.6 cm³/mol. The van der Waals surface area contributed by atoms with Crippen LogP contribution in [0.2, 0.25) is 0 Å². The van der Waals surface area contributed by atoms with Gasteiger partial charge in [-0.2, -0.15) is 0 Å². The Morgan fingerprint density at radius 3 is 2.17 bits per heavy atom. The molecule has 0 saturated carbocycles. The topological polar surface area (TPSA) is 130 Å². The molecular formula is C16H16O8. The molecule has 8 heteroatoms. The third-order valence-electron chi connectivity index (χ3n) is 3.56. The zero-order valence-corrected chi connectivity index (χ0v) is 13.2. The number of hydrogen-bond donors (Lipinski definition) is 2. The summed E-state index contributed by atoms with van der Waals surface area (Å²) < 4.78 is 21.3. The van der Waals surface area contributed by atoms with Gasteiger partial charge in [0.25, 0.3) is 0 Å². The molecule has 0 unspecified atom stereocenters. The van der Waals surface area contributed by atoms with Gasteiger partial charge in [0.1, 0.15) is 16.7 Å². The van der Waals surface area contributed by atoms with Crippen molar-refractivity contribution in [3.05, 3.63) is 28.4 Å². The number of rotatable bonds is 3. The van der Waals surface area contributed by atoms with Gasteiger partial charge < -0.3 is 34.3 Å². The van der Waals surface area contributed by atoms with Crippen molar-refractivity contribution in [3.63, 3.8) is 0 Å². The average Bonchev–Trinajstić information content (AvgIpc) is 2.55. The molecule has 0 spiro atoms. The number of phenols is 2. The van der Waals surface area contributed by atoms with Gasteiger partial charge in [0.05, 0.1) is 26.7 Å². The predicted octanol–water partition coefficient (Wildman–Crippen LogP) is 1.56. The van der Waals surface area contributed by atoms with E-state index in [9.17, 15) is 15.0 Å². The molecule has 0 saturated heterocycles. The lowest BCUT2D eigenvalue weighted by atomic mass is 10.1.